The molecule has 0 aromatic heterocycles. The van der Waals surface area contributed by atoms with E-state index >= 15 is 0 Å². The molecule has 0 saturated carbocycles. The van der Waals surface area contributed by atoms with Gasteiger partial charge in [0.05, 0.1) is 6.61 Å². The summed E-state index contributed by atoms with van der Waals surface area (Å²) in [5.41, 5.74) is 0. The SMILES string of the molecule is CCCCCCN1CCN(C2CNCCO2)CC1. The Labute approximate surface area is 112 Å². The van der Waals surface area contributed by atoms with E-state index in [1.165, 1.54) is 58.4 Å². The maximum Gasteiger partial charge on any atom is 0.123 e. The molecule has 0 aliphatic carbocycles. The Kier molecular flexibility index (Phi) is 6.41. The monoisotopic (exact) mass is 255 g/mol. The first-order valence-corrected chi connectivity index (χ1v) is 7.69. The molecule has 4 heteroatoms. The maximum atomic E-state index is 5.81. The van der Waals surface area contributed by atoms with Crippen LogP contribution in [0.4, 0.5) is 0 Å². The van der Waals surface area contributed by atoms with Crippen LogP contribution in [0.1, 0.15) is 32.6 Å². The summed E-state index contributed by atoms with van der Waals surface area (Å²) >= 11 is 0. The quantitative estimate of drug-likeness (QED) is 0.720. The third-order valence-electron chi connectivity index (χ3n) is 4.05. The molecule has 2 aliphatic rings. The van der Waals surface area contributed by atoms with Crippen molar-refractivity contribution in [1.29, 1.82) is 0 Å². The van der Waals surface area contributed by atoms with Crippen molar-refractivity contribution in [1.82, 2.24) is 15.1 Å². The molecule has 0 amide bonds. The molecule has 2 fully saturated rings. The van der Waals surface area contributed by atoms with Gasteiger partial charge in [0, 0.05) is 39.3 Å². The van der Waals surface area contributed by atoms with Gasteiger partial charge in [-0.15, -0.1) is 0 Å². The number of ether oxygens (including phenoxy) is 1. The average molecular weight is 255 g/mol. The maximum absolute atomic E-state index is 5.81. The van der Waals surface area contributed by atoms with E-state index in [4.69, 9.17) is 4.74 Å². The van der Waals surface area contributed by atoms with Crippen molar-refractivity contribution in [3.05, 3.63) is 0 Å². The molecule has 2 aliphatic heterocycles. The number of hydrogen-bond acceptors (Lipinski definition) is 4. The van der Waals surface area contributed by atoms with Crippen molar-refractivity contribution >= 4 is 0 Å². The van der Waals surface area contributed by atoms with E-state index in [0.29, 0.717) is 6.23 Å². The molecule has 0 aromatic carbocycles. The average Bonchev–Trinajstić information content (AvgIpc) is 2.45. The molecule has 1 unspecified atom stereocenters. The number of nitrogens with zero attached hydrogens (tertiary/aromatic N) is 2. The Morgan fingerprint density at radius 2 is 1.94 bits per heavy atom. The summed E-state index contributed by atoms with van der Waals surface area (Å²) in [6.07, 6.45) is 5.81. The van der Waals surface area contributed by atoms with Gasteiger partial charge in [0.25, 0.3) is 0 Å². The van der Waals surface area contributed by atoms with E-state index in [9.17, 15) is 0 Å². The first kappa shape index (κ1) is 14.3. The molecule has 2 rings (SSSR count). The van der Waals surface area contributed by atoms with Crippen molar-refractivity contribution in [2.45, 2.75) is 38.8 Å². The zero-order valence-corrected chi connectivity index (χ0v) is 11.9. The second-order valence-electron chi connectivity index (χ2n) is 5.47. The topological polar surface area (TPSA) is 27.7 Å². The first-order chi connectivity index (χ1) is 8.90. The van der Waals surface area contributed by atoms with Crippen molar-refractivity contribution in [3.63, 3.8) is 0 Å². The Morgan fingerprint density at radius 3 is 2.61 bits per heavy atom. The number of nitrogens with one attached hydrogen (secondary N) is 1. The van der Waals surface area contributed by atoms with Gasteiger partial charge in [0.15, 0.2) is 0 Å². The van der Waals surface area contributed by atoms with Gasteiger partial charge in [-0.2, -0.15) is 0 Å². The van der Waals surface area contributed by atoms with Gasteiger partial charge in [0.2, 0.25) is 0 Å². The Morgan fingerprint density at radius 1 is 1.11 bits per heavy atom. The van der Waals surface area contributed by atoms with Crippen LogP contribution in [0.15, 0.2) is 0 Å². The predicted octanol–water partition coefficient (Wildman–Crippen LogP) is 1.13. The van der Waals surface area contributed by atoms with Gasteiger partial charge in [-0.25, -0.2) is 0 Å². The van der Waals surface area contributed by atoms with E-state index < -0.39 is 0 Å². The lowest BCUT2D eigenvalue weighted by Crippen LogP contribution is -2.56. The van der Waals surface area contributed by atoms with E-state index in [1.54, 1.807) is 0 Å². The smallest absolute Gasteiger partial charge is 0.123 e. The molecule has 0 bridgehead atoms. The van der Waals surface area contributed by atoms with Crippen LogP contribution in [0.5, 0.6) is 0 Å². The largest absolute Gasteiger partial charge is 0.360 e. The molecule has 0 spiro atoms. The minimum absolute atomic E-state index is 0.320. The van der Waals surface area contributed by atoms with E-state index in [0.717, 1.165) is 19.7 Å². The van der Waals surface area contributed by atoms with Crippen LogP contribution >= 0.6 is 0 Å². The standard InChI is InChI=1S/C14H29N3O/c1-2-3-4-5-7-16-8-10-17(11-9-16)14-13-15-6-12-18-14/h14-15H,2-13H2,1H3. The van der Waals surface area contributed by atoms with Crippen LogP contribution < -0.4 is 5.32 Å². The highest BCUT2D eigenvalue weighted by Crippen LogP contribution is 2.10. The molecular formula is C14H29N3O. The number of piperazine rings is 1. The van der Waals surface area contributed by atoms with Gasteiger partial charge in [0.1, 0.15) is 6.23 Å². The summed E-state index contributed by atoms with van der Waals surface area (Å²) in [5.74, 6) is 0. The normalized spacial score (nSPS) is 27.5. The van der Waals surface area contributed by atoms with E-state index in [1.807, 2.05) is 0 Å². The number of morpholine rings is 1. The fourth-order valence-electron chi connectivity index (χ4n) is 2.82. The molecule has 1 atom stereocenters. The van der Waals surface area contributed by atoms with E-state index in [2.05, 4.69) is 22.0 Å². The summed E-state index contributed by atoms with van der Waals surface area (Å²) in [5, 5.41) is 3.41. The lowest BCUT2D eigenvalue weighted by molar-refractivity contribution is -0.0894. The van der Waals surface area contributed by atoms with Crippen LogP contribution in [0, 0.1) is 0 Å². The fraction of sp³-hybridized carbons (Fsp3) is 1.00. The number of rotatable bonds is 6. The van der Waals surface area contributed by atoms with Crippen molar-refractivity contribution < 1.29 is 4.74 Å². The highest BCUT2D eigenvalue weighted by molar-refractivity contribution is 4.77. The van der Waals surface area contributed by atoms with Gasteiger partial charge in [-0.1, -0.05) is 26.2 Å². The molecular weight excluding hydrogens is 226 g/mol. The van der Waals surface area contributed by atoms with Crippen molar-refractivity contribution in [2.75, 3.05) is 52.4 Å². The first-order valence-electron chi connectivity index (χ1n) is 7.69. The van der Waals surface area contributed by atoms with Gasteiger partial charge < -0.3 is 15.0 Å². The highest BCUT2D eigenvalue weighted by Gasteiger charge is 2.25. The van der Waals surface area contributed by atoms with Crippen LogP contribution in [0.2, 0.25) is 0 Å². The number of hydrogen-bond donors (Lipinski definition) is 1. The lowest BCUT2D eigenvalue weighted by atomic mass is 10.2. The van der Waals surface area contributed by atoms with Crippen LogP contribution in [-0.4, -0.2) is 68.4 Å². The van der Waals surface area contributed by atoms with Crippen LogP contribution in [0.25, 0.3) is 0 Å². The van der Waals surface area contributed by atoms with Gasteiger partial charge >= 0.3 is 0 Å². The van der Waals surface area contributed by atoms with Gasteiger partial charge in [-0.05, 0) is 13.0 Å². The third kappa shape index (κ3) is 4.50. The summed E-state index contributed by atoms with van der Waals surface area (Å²) < 4.78 is 5.81. The molecule has 4 nitrogen and oxygen atoms in total. The minimum Gasteiger partial charge on any atom is -0.360 e. The van der Waals surface area contributed by atoms with Crippen molar-refractivity contribution in [2.24, 2.45) is 0 Å². The molecule has 2 heterocycles. The van der Waals surface area contributed by atoms with Crippen LogP contribution in [0.3, 0.4) is 0 Å². The Hall–Kier alpha value is -0.160. The van der Waals surface area contributed by atoms with Gasteiger partial charge in [-0.3, -0.25) is 4.90 Å². The molecule has 106 valence electrons. The summed E-state index contributed by atoms with van der Waals surface area (Å²) in [6, 6.07) is 0. The minimum atomic E-state index is 0.320. The molecule has 2 saturated heterocycles. The third-order valence-corrected chi connectivity index (χ3v) is 4.05. The summed E-state index contributed by atoms with van der Waals surface area (Å²) in [4.78, 5) is 5.11. The Bertz CT molecular complexity index is 211. The highest BCUT2D eigenvalue weighted by atomic mass is 16.5. The van der Waals surface area contributed by atoms with Crippen LogP contribution in [-0.2, 0) is 4.74 Å². The Balaban J connectivity index is 1.58. The molecule has 1 N–H and O–H groups in total. The second-order valence-corrected chi connectivity index (χ2v) is 5.47. The summed E-state index contributed by atoms with van der Waals surface area (Å²) in [6.45, 7) is 11.2. The fourth-order valence-corrected chi connectivity index (χ4v) is 2.82. The molecule has 18 heavy (non-hydrogen) atoms. The molecule has 0 aromatic rings. The zero-order chi connectivity index (χ0) is 12.6. The number of unbranched alkanes of at least 4 members (excludes halogenated alkanes) is 3. The molecule has 0 radical (unpaired) electrons. The second kappa shape index (κ2) is 8.10. The zero-order valence-electron chi connectivity index (χ0n) is 11.9. The van der Waals surface area contributed by atoms with E-state index in [-0.39, 0.29) is 0 Å². The van der Waals surface area contributed by atoms with Crippen molar-refractivity contribution in [3.8, 4) is 0 Å². The predicted molar refractivity (Wildman–Crippen MR) is 74.8 cm³/mol. The lowest BCUT2D eigenvalue weighted by Gasteiger charge is -2.40. The summed E-state index contributed by atoms with van der Waals surface area (Å²) in [7, 11) is 0.